The summed E-state index contributed by atoms with van der Waals surface area (Å²) in [6.07, 6.45) is 1.95. The Morgan fingerprint density at radius 3 is 2.50 bits per heavy atom. The molecule has 0 radical (unpaired) electrons. The van der Waals surface area contributed by atoms with Crippen LogP contribution < -0.4 is 0 Å². The Kier molecular flexibility index (Phi) is 4.94. The molecule has 0 aliphatic heterocycles. The maximum Gasteiger partial charge on any atom is 0.310 e. The van der Waals surface area contributed by atoms with E-state index in [1.54, 1.807) is 0 Å². The summed E-state index contributed by atoms with van der Waals surface area (Å²) in [4.78, 5) is 27.8. The molecule has 0 aliphatic carbocycles. The van der Waals surface area contributed by atoms with Gasteiger partial charge in [0.05, 0.1) is 6.42 Å². The number of Topliss-reactive ketones (excluding diaryl/α,β-unsaturated/α-hetero) is 1. The van der Waals surface area contributed by atoms with Crippen LogP contribution in [0.25, 0.3) is 10.9 Å². The van der Waals surface area contributed by atoms with Crippen molar-refractivity contribution in [2.75, 3.05) is 6.61 Å². The third kappa shape index (κ3) is 3.40. The van der Waals surface area contributed by atoms with Gasteiger partial charge in [0.15, 0.2) is 6.61 Å². The number of aryl methyl sites for hydroxylation is 1. The van der Waals surface area contributed by atoms with Crippen LogP contribution in [0, 0.1) is 27.7 Å². The minimum absolute atomic E-state index is 0.141. The molecule has 0 saturated heterocycles. The first-order chi connectivity index (χ1) is 12.4. The third-order valence-electron chi connectivity index (χ3n) is 5.16. The van der Waals surface area contributed by atoms with Gasteiger partial charge in [-0.1, -0.05) is 18.2 Å². The van der Waals surface area contributed by atoms with Crippen molar-refractivity contribution in [2.24, 2.45) is 0 Å². The second kappa shape index (κ2) is 7.16. The molecule has 2 aromatic carbocycles. The van der Waals surface area contributed by atoms with Crippen molar-refractivity contribution in [3.8, 4) is 0 Å². The van der Waals surface area contributed by atoms with Gasteiger partial charge in [0.25, 0.3) is 0 Å². The van der Waals surface area contributed by atoms with E-state index in [1.165, 1.54) is 5.56 Å². The molecule has 0 aliphatic rings. The van der Waals surface area contributed by atoms with E-state index in [0.29, 0.717) is 5.56 Å². The number of para-hydroxylation sites is 1. The Morgan fingerprint density at radius 2 is 1.73 bits per heavy atom. The number of carbonyl (C=O) groups is 2. The number of carbonyl (C=O) groups excluding carboxylic acids is 2. The van der Waals surface area contributed by atoms with Gasteiger partial charge in [0.1, 0.15) is 0 Å². The lowest BCUT2D eigenvalue weighted by molar-refractivity contribution is -0.141. The zero-order valence-electron chi connectivity index (χ0n) is 15.6. The summed E-state index contributed by atoms with van der Waals surface area (Å²) >= 11 is 0. The fourth-order valence-electron chi connectivity index (χ4n) is 3.21. The largest absolute Gasteiger partial charge is 0.457 e. The molecule has 0 bridgehead atoms. The molecule has 4 nitrogen and oxygen atoms in total. The highest BCUT2D eigenvalue weighted by Crippen LogP contribution is 2.22. The fraction of sp³-hybridized carbons (Fsp3) is 0.273. The number of nitrogens with one attached hydrogen (secondary N) is 1. The Hall–Kier alpha value is -2.88. The van der Waals surface area contributed by atoms with Gasteiger partial charge in [-0.2, -0.15) is 0 Å². The van der Waals surface area contributed by atoms with Crippen molar-refractivity contribution in [1.29, 1.82) is 0 Å². The molecule has 3 rings (SSSR count). The molecule has 1 N–H and O–H groups in total. The number of ether oxygens (including phenoxy) is 1. The van der Waals surface area contributed by atoms with E-state index in [0.717, 1.165) is 33.2 Å². The predicted molar refractivity (Wildman–Crippen MR) is 103 cm³/mol. The van der Waals surface area contributed by atoms with Gasteiger partial charge in [0, 0.05) is 22.7 Å². The number of aromatic nitrogens is 1. The molecule has 0 atom stereocenters. The summed E-state index contributed by atoms with van der Waals surface area (Å²) in [5.41, 5.74) is 6.80. The van der Waals surface area contributed by atoms with Gasteiger partial charge in [-0.05, 0) is 67.6 Å². The van der Waals surface area contributed by atoms with Gasteiger partial charge >= 0.3 is 5.97 Å². The van der Waals surface area contributed by atoms with Crippen molar-refractivity contribution in [1.82, 2.24) is 4.98 Å². The van der Waals surface area contributed by atoms with Crippen LogP contribution in [0.5, 0.6) is 0 Å². The number of ketones is 1. The quantitative estimate of drug-likeness (QED) is 0.550. The first kappa shape index (κ1) is 17.9. The minimum atomic E-state index is -0.402. The molecule has 4 heteroatoms. The van der Waals surface area contributed by atoms with Crippen molar-refractivity contribution in [3.05, 3.63) is 69.9 Å². The molecule has 1 aromatic heterocycles. The zero-order valence-corrected chi connectivity index (χ0v) is 15.6. The Bertz CT molecular complexity index is 998. The lowest BCUT2D eigenvalue weighted by Gasteiger charge is -2.13. The van der Waals surface area contributed by atoms with E-state index >= 15 is 0 Å². The van der Waals surface area contributed by atoms with Crippen LogP contribution in [0.3, 0.4) is 0 Å². The maximum atomic E-state index is 12.5. The maximum absolute atomic E-state index is 12.5. The summed E-state index contributed by atoms with van der Waals surface area (Å²) in [5, 5.41) is 0.997. The number of hydrogen-bond donors (Lipinski definition) is 1. The highest BCUT2D eigenvalue weighted by Gasteiger charge is 2.16. The van der Waals surface area contributed by atoms with E-state index in [-0.39, 0.29) is 18.8 Å². The van der Waals surface area contributed by atoms with E-state index in [4.69, 9.17) is 4.74 Å². The molecule has 0 amide bonds. The molecular weight excluding hydrogens is 326 g/mol. The highest BCUT2D eigenvalue weighted by molar-refractivity contribution is 6.00. The van der Waals surface area contributed by atoms with Gasteiger partial charge < -0.3 is 9.72 Å². The lowest BCUT2D eigenvalue weighted by atomic mass is 9.93. The van der Waals surface area contributed by atoms with Gasteiger partial charge in [-0.25, -0.2) is 0 Å². The topological polar surface area (TPSA) is 59.2 Å². The molecule has 0 saturated carbocycles. The van der Waals surface area contributed by atoms with Gasteiger partial charge in [0.2, 0.25) is 5.78 Å². The van der Waals surface area contributed by atoms with Crippen LogP contribution in [0.1, 0.15) is 38.2 Å². The van der Waals surface area contributed by atoms with E-state index in [1.807, 2.05) is 64.2 Å². The van der Waals surface area contributed by atoms with Crippen LogP contribution in [-0.4, -0.2) is 23.3 Å². The number of hydrogen-bond acceptors (Lipinski definition) is 3. The molecule has 0 unspecified atom stereocenters. The number of benzene rings is 2. The predicted octanol–water partition coefficient (Wildman–Crippen LogP) is 4.37. The molecule has 1 heterocycles. The second-order valence-corrected chi connectivity index (χ2v) is 6.74. The van der Waals surface area contributed by atoms with E-state index < -0.39 is 5.97 Å². The Morgan fingerprint density at radius 1 is 1.00 bits per heavy atom. The molecule has 0 fully saturated rings. The summed E-state index contributed by atoms with van der Waals surface area (Å²) in [6, 6.07) is 9.67. The monoisotopic (exact) mass is 349 g/mol. The third-order valence-corrected chi connectivity index (χ3v) is 5.16. The summed E-state index contributed by atoms with van der Waals surface area (Å²) < 4.78 is 5.24. The van der Waals surface area contributed by atoms with Gasteiger partial charge in [-0.3, -0.25) is 9.59 Å². The molecule has 26 heavy (non-hydrogen) atoms. The number of fused-ring (bicyclic) bond motifs is 1. The second-order valence-electron chi connectivity index (χ2n) is 6.74. The standard InChI is InChI=1S/C22H23NO3/c1-13-9-19(16(4)15(3)14(13)2)21(24)12-26-22(25)10-17-11-23-20-8-6-5-7-18(17)20/h5-9,11,23H,10,12H2,1-4H3. The normalized spacial score (nSPS) is 10.9. The number of esters is 1. The number of aromatic amines is 1. The summed E-state index contributed by atoms with van der Waals surface area (Å²) in [6.45, 7) is 7.75. The Balaban J connectivity index is 1.67. The summed E-state index contributed by atoms with van der Waals surface area (Å²) in [5.74, 6) is -0.567. The first-order valence-corrected chi connectivity index (χ1v) is 8.69. The fourth-order valence-corrected chi connectivity index (χ4v) is 3.21. The van der Waals surface area contributed by atoms with Crippen LogP contribution in [-0.2, 0) is 16.0 Å². The Labute approximate surface area is 153 Å². The molecule has 134 valence electrons. The summed E-state index contributed by atoms with van der Waals surface area (Å²) in [7, 11) is 0. The van der Waals surface area contributed by atoms with Gasteiger partial charge in [-0.15, -0.1) is 0 Å². The average molecular weight is 349 g/mol. The van der Waals surface area contributed by atoms with Crippen molar-refractivity contribution in [3.63, 3.8) is 0 Å². The van der Waals surface area contributed by atoms with Crippen LogP contribution in [0.2, 0.25) is 0 Å². The highest BCUT2D eigenvalue weighted by atomic mass is 16.5. The molecule has 3 aromatic rings. The van der Waals surface area contributed by atoms with Crippen molar-refractivity contribution >= 4 is 22.7 Å². The van der Waals surface area contributed by atoms with Crippen LogP contribution in [0.4, 0.5) is 0 Å². The van der Waals surface area contributed by atoms with E-state index in [9.17, 15) is 9.59 Å². The zero-order chi connectivity index (χ0) is 18.8. The van der Waals surface area contributed by atoms with Crippen LogP contribution >= 0.6 is 0 Å². The SMILES string of the molecule is Cc1cc(C(=O)COC(=O)Cc2c[nH]c3ccccc23)c(C)c(C)c1C. The molecule has 0 spiro atoms. The van der Waals surface area contributed by atoms with Crippen LogP contribution in [0.15, 0.2) is 36.5 Å². The number of rotatable bonds is 5. The average Bonchev–Trinajstić information content (AvgIpc) is 3.04. The van der Waals surface area contributed by atoms with Crippen molar-refractivity contribution in [2.45, 2.75) is 34.1 Å². The minimum Gasteiger partial charge on any atom is -0.457 e. The lowest BCUT2D eigenvalue weighted by Crippen LogP contribution is -2.17. The van der Waals surface area contributed by atoms with E-state index in [2.05, 4.69) is 4.98 Å². The number of H-pyrrole nitrogens is 1. The first-order valence-electron chi connectivity index (χ1n) is 8.69. The smallest absolute Gasteiger partial charge is 0.310 e. The van der Waals surface area contributed by atoms with Crippen molar-refractivity contribution < 1.29 is 14.3 Å². The molecular formula is C22H23NO3.